The van der Waals surface area contributed by atoms with E-state index < -0.39 is 5.97 Å². The third-order valence-corrected chi connectivity index (χ3v) is 6.30. The van der Waals surface area contributed by atoms with Gasteiger partial charge in [0, 0.05) is 9.35 Å². The summed E-state index contributed by atoms with van der Waals surface area (Å²) in [6, 6.07) is 2.04. The molecule has 1 aromatic heterocycles. The Kier molecular flexibility index (Phi) is 4.63. The van der Waals surface area contributed by atoms with Gasteiger partial charge in [0.25, 0.3) is 0 Å². The molecule has 2 rings (SSSR count). The zero-order chi connectivity index (χ0) is 12.4. The summed E-state index contributed by atoms with van der Waals surface area (Å²) in [6.45, 7) is 2.01. The van der Waals surface area contributed by atoms with E-state index in [4.69, 9.17) is 5.11 Å². The molecule has 0 aromatic carbocycles. The van der Waals surface area contributed by atoms with Crippen molar-refractivity contribution in [1.29, 1.82) is 0 Å². The van der Waals surface area contributed by atoms with Crippen LogP contribution in [-0.4, -0.2) is 29.1 Å². The molecular weight excluding hydrogens is 370 g/mol. The van der Waals surface area contributed by atoms with Crippen LogP contribution in [-0.2, 0) is 4.79 Å². The van der Waals surface area contributed by atoms with Crippen molar-refractivity contribution in [2.24, 2.45) is 0 Å². The molecule has 1 saturated heterocycles. The maximum Gasteiger partial charge on any atom is 0.305 e. The molecular formula is C11H13Br2NO2S. The Bertz CT molecular complexity index is 396. The van der Waals surface area contributed by atoms with Gasteiger partial charge in [-0.15, -0.1) is 11.3 Å². The van der Waals surface area contributed by atoms with E-state index in [-0.39, 0.29) is 12.5 Å². The van der Waals surface area contributed by atoms with Crippen LogP contribution in [0.3, 0.4) is 0 Å². The maximum absolute atomic E-state index is 11.0. The van der Waals surface area contributed by atoms with Crippen LogP contribution in [0.1, 0.15) is 30.2 Å². The number of carboxylic acids is 1. The molecule has 1 aliphatic rings. The lowest BCUT2D eigenvalue weighted by molar-refractivity contribution is -0.138. The van der Waals surface area contributed by atoms with Crippen LogP contribution in [0.25, 0.3) is 0 Å². The third-order valence-electron chi connectivity index (χ3n) is 2.94. The summed E-state index contributed by atoms with van der Waals surface area (Å²) in [4.78, 5) is 14.4. The Morgan fingerprint density at radius 1 is 1.47 bits per heavy atom. The molecule has 2 heterocycles. The van der Waals surface area contributed by atoms with E-state index in [1.54, 1.807) is 11.3 Å². The zero-order valence-corrected chi connectivity index (χ0v) is 13.1. The minimum absolute atomic E-state index is 0.0163. The molecule has 0 amide bonds. The van der Waals surface area contributed by atoms with Crippen molar-refractivity contribution in [3.63, 3.8) is 0 Å². The van der Waals surface area contributed by atoms with Gasteiger partial charge in [-0.05, 0) is 63.9 Å². The van der Waals surface area contributed by atoms with E-state index >= 15 is 0 Å². The minimum atomic E-state index is -0.734. The SMILES string of the molecule is O=C(O)CC(c1cc(Br)c(Br)s1)N1CCCC1. The molecule has 1 aromatic rings. The molecule has 0 radical (unpaired) electrons. The highest BCUT2D eigenvalue weighted by atomic mass is 79.9. The number of nitrogens with zero attached hydrogens (tertiary/aromatic N) is 1. The molecule has 1 unspecified atom stereocenters. The number of hydrogen-bond donors (Lipinski definition) is 1. The number of likely N-dealkylation sites (tertiary alicyclic amines) is 1. The van der Waals surface area contributed by atoms with Crippen LogP contribution in [0.4, 0.5) is 0 Å². The Labute approximate surface area is 121 Å². The number of hydrogen-bond acceptors (Lipinski definition) is 3. The average Bonchev–Trinajstić information content (AvgIpc) is 2.86. The van der Waals surface area contributed by atoms with Gasteiger partial charge in [0.2, 0.25) is 0 Å². The minimum Gasteiger partial charge on any atom is -0.481 e. The summed E-state index contributed by atoms with van der Waals surface area (Å²) in [6.07, 6.45) is 2.52. The number of carboxylic acid groups (broad SMARTS) is 1. The van der Waals surface area contributed by atoms with Crippen LogP contribution in [0.15, 0.2) is 14.3 Å². The molecule has 1 aliphatic heterocycles. The lowest BCUT2D eigenvalue weighted by atomic mass is 10.1. The first-order valence-electron chi connectivity index (χ1n) is 5.48. The van der Waals surface area contributed by atoms with Crippen molar-refractivity contribution in [3.05, 3.63) is 19.2 Å². The molecule has 6 heteroatoms. The van der Waals surface area contributed by atoms with E-state index in [0.29, 0.717) is 0 Å². The Morgan fingerprint density at radius 3 is 2.59 bits per heavy atom. The van der Waals surface area contributed by atoms with E-state index in [1.807, 2.05) is 6.07 Å². The zero-order valence-electron chi connectivity index (χ0n) is 9.16. The standard InChI is InChI=1S/C11H13Br2NO2S/c12-7-5-9(17-11(7)13)8(6-10(15)16)14-3-1-2-4-14/h5,8H,1-4,6H2,(H,15,16). The van der Waals surface area contributed by atoms with Crippen molar-refractivity contribution in [2.45, 2.75) is 25.3 Å². The number of rotatable bonds is 4. The summed E-state index contributed by atoms with van der Waals surface area (Å²) in [5.41, 5.74) is 0. The number of aliphatic carboxylic acids is 1. The monoisotopic (exact) mass is 381 g/mol. The van der Waals surface area contributed by atoms with Crippen molar-refractivity contribution in [1.82, 2.24) is 4.90 Å². The van der Waals surface area contributed by atoms with Gasteiger partial charge in [0.1, 0.15) is 0 Å². The van der Waals surface area contributed by atoms with E-state index in [1.165, 1.54) is 12.8 Å². The summed E-state index contributed by atoms with van der Waals surface area (Å²) >= 11 is 8.54. The summed E-state index contributed by atoms with van der Waals surface area (Å²) in [5.74, 6) is -0.734. The number of carbonyl (C=O) groups is 1. The quantitative estimate of drug-likeness (QED) is 0.858. The van der Waals surface area contributed by atoms with Crippen LogP contribution < -0.4 is 0 Å². The molecule has 0 bridgehead atoms. The summed E-state index contributed by atoms with van der Waals surface area (Å²) in [5, 5.41) is 9.04. The van der Waals surface area contributed by atoms with Crippen LogP contribution in [0.2, 0.25) is 0 Å². The highest BCUT2D eigenvalue weighted by molar-refractivity contribution is 9.13. The molecule has 3 nitrogen and oxygen atoms in total. The van der Waals surface area contributed by atoms with Crippen LogP contribution in [0.5, 0.6) is 0 Å². The van der Waals surface area contributed by atoms with E-state index in [9.17, 15) is 4.79 Å². The molecule has 1 N–H and O–H groups in total. The third kappa shape index (κ3) is 3.30. The van der Waals surface area contributed by atoms with Gasteiger partial charge in [-0.2, -0.15) is 0 Å². The molecule has 1 fully saturated rings. The topological polar surface area (TPSA) is 40.5 Å². The average molecular weight is 383 g/mol. The molecule has 94 valence electrons. The molecule has 1 atom stereocenters. The normalized spacial score (nSPS) is 18.5. The highest BCUT2D eigenvalue weighted by Crippen LogP contribution is 2.39. The van der Waals surface area contributed by atoms with E-state index in [0.717, 1.165) is 26.2 Å². The Hall–Kier alpha value is 0.0900. The second kappa shape index (κ2) is 5.82. The van der Waals surface area contributed by atoms with Crippen LogP contribution in [0, 0.1) is 0 Å². The first-order valence-corrected chi connectivity index (χ1v) is 7.88. The van der Waals surface area contributed by atoms with Gasteiger partial charge in [-0.3, -0.25) is 9.69 Å². The van der Waals surface area contributed by atoms with Gasteiger partial charge in [0.15, 0.2) is 0 Å². The summed E-state index contributed by atoms with van der Waals surface area (Å²) < 4.78 is 2.04. The van der Waals surface area contributed by atoms with Crippen LogP contribution >= 0.6 is 43.2 Å². The second-order valence-electron chi connectivity index (χ2n) is 4.13. The molecule has 0 aliphatic carbocycles. The fourth-order valence-electron chi connectivity index (χ4n) is 2.16. The molecule has 0 saturated carbocycles. The predicted molar refractivity (Wildman–Crippen MR) is 75.5 cm³/mol. The summed E-state index contributed by atoms with van der Waals surface area (Å²) in [7, 11) is 0. The fourth-order valence-corrected chi connectivity index (χ4v) is 4.38. The molecule has 0 spiro atoms. The Morgan fingerprint density at radius 2 is 2.12 bits per heavy atom. The van der Waals surface area contributed by atoms with Crippen molar-refractivity contribution in [3.8, 4) is 0 Å². The first-order chi connectivity index (χ1) is 8.08. The second-order valence-corrected chi connectivity index (χ2v) is 7.38. The van der Waals surface area contributed by atoms with Crippen molar-refractivity contribution >= 4 is 49.2 Å². The van der Waals surface area contributed by atoms with E-state index in [2.05, 4.69) is 36.8 Å². The molecule has 17 heavy (non-hydrogen) atoms. The first kappa shape index (κ1) is 13.5. The fraction of sp³-hybridized carbons (Fsp3) is 0.545. The van der Waals surface area contributed by atoms with Gasteiger partial charge < -0.3 is 5.11 Å². The van der Waals surface area contributed by atoms with Gasteiger partial charge in [-0.1, -0.05) is 0 Å². The predicted octanol–water partition coefficient (Wildman–Crippen LogP) is 3.88. The smallest absolute Gasteiger partial charge is 0.305 e. The highest BCUT2D eigenvalue weighted by Gasteiger charge is 2.27. The lowest BCUT2D eigenvalue weighted by Gasteiger charge is -2.25. The van der Waals surface area contributed by atoms with Crippen molar-refractivity contribution < 1.29 is 9.90 Å². The lowest BCUT2D eigenvalue weighted by Crippen LogP contribution is -2.27. The van der Waals surface area contributed by atoms with Gasteiger partial charge in [-0.25, -0.2) is 0 Å². The van der Waals surface area contributed by atoms with Gasteiger partial charge >= 0.3 is 5.97 Å². The largest absolute Gasteiger partial charge is 0.481 e. The Balaban J connectivity index is 2.22. The maximum atomic E-state index is 11.0. The number of thiophene rings is 1. The number of halogens is 2. The van der Waals surface area contributed by atoms with Gasteiger partial charge in [0.05, 0.1) is 16.2 Å². The van der Waals surface area contributed by atoms with Crippen molar-refractivity contribution in [2.75, 3.05) is 13.1 Å².